The maximum Gasteiger partial charge on any atom is 0.115 e. The van der Waals surface area contributed by atoms with Crippen molar-refractivity contribution >= 4 is 26.2 Å². The van der Waals surface area contributed by atoms with Gasteiger partial charge in [-0.05, 0) is 48.5 Å². The molecule has 0 heterocycles. The first kappa shape index (κ1) is 26.0. The van der Waals surface area contributed by atoms with Gasteiger partial charge >= 0.3 is 0 Å². The molecule has 4 aromatic carbocycles. The van der Waals surface area contributed by atoms with E-state index in [4.69, 9.17) is 20.4 Å². The first-order valence-corrected chi connectivity index (χ1v) is 8.54. The molecule has 0 bridgehead atoms. The first-order chi connectivity index (χ1) is 13.6. The Morgan fingerprint density at radius 3 is 0.483 bits per heavy atom. The quantitative estimate of drug-likeness (QED) is 0.214. The Morgan fingerprint density at radius 2 is 0.414 bits per heavy atom. The van der Waals surface area contributed by atoms with Gasteiger partial charge < -0.3 is 20.4 Å². The Kier molecular flexibility index (Phi) is 15.3. The summed E-state index contributed by atoms with van der Waals surface area (Å²) in [6, 6.07) is 34.9. The Hall–Kier alpha value is -3.04. The molecule has 3 radical (unpaired) electrons. The summed E-state index contributed by atoms with van der Waals surface area (Å²) in [5.74, 6) is 1.29. The monoisotopic (exact) mass is 585 g/mol. The summed E-state index contributed by atoms with van der Waals surface area (Å²) in [6.07, 6.45) is 0. The number of benzene rings is 4. The van der Waals surface area contributed by atoms with Gasteiger partial charge in [0, 0.05) is 26.2 Å². The van der Waals surface area contributed by atoms with E-state index in [0.717, 1.165) is 0 Å². The molecule has 29 heavy (non-hydrogen) atoms. The molecule has 149 valence electrons. The van der Waals surface area contributed by atoms with Gasteiger partial charge in [0.15, 0.2) is 0 Å². The molecule has 0 aromatic heterocycles. The van der Waals surface area contributed by atoms with Gasteiger partial charge in [-0.1, -0.05) is 72.8 Å². The molecular weight excluding hydrogens is 561 g/mol. The molecule has 0 saturated heterocycles. The fourth-order valence-electron chi connectivity index (χ4n) is 1.71. The predicted octanol–water partition coefficient (Wildman–Crippen LogP) is 5.19. The van der Waals surface area contributed by atoms with Crippen LogP contribution in [0.25, 0.3) is 0 Å². The number of hydrogen-bond donors (Lipinski definition) is 4. The number of aromatic hydroxyl groups is 4. The third-order valence-corrected chi connectivity index (χ3v) is 3.02. The average Bonchev–Trinajstić information content (AvgIpc) is 2.72. The van der Waals surface area contributed by atoms with Crippen LogP contribution in [0.15, 0.2) is 121 Å². The van der Waals surface area contributed by atoms with E-state index in [2.05, 4.69) is 0 Å². The second-order valence-corrected chi connectivity index (χ2v) is 5.34. The van der Waals surface area contributed by atoms with Gasteiger partial charge in [-0.15, -0.1) is 0 Å². The fraction of sp³-hybridized carbons (Fsp3) is 0. The standard InChI is InChI=1S/4C6H6O.Bi/c4*7-6-4-2-1-3-5-6;/h4*1-5,7H;. The minimum Gasteiger partial charge on any atom is -0.508 e. The van der Waals surface area contributed by atoms with Crippen LogP contribution in [0.2, 0.25) is 0 Å². The number of phenolic OH excluding ortho intramolecular Hbond substituents is 4. The molecule has 4 rings (SSSR count). The minimum absolute atomic E-state index is 0. The number of phenols is 4. The van der Waals surface area contributed by atoms with Crippen molar-refractivity contribution in [2.45, 2.75) is 0 Å². The van der Waals surface area contributed by atoms with E-state index < -0.39 is 0 Å². The van der Waals surface area contributed by atoms with Crippen molar-refractivity contribution in [1.82, 2.24) is 0 Å². The second-order valence-electron chi connectivity index (χ2n) is 5.34. The van der Waals surface area contributed by atoms with Gasteiger partial charge in [-0.25, -0.2) is 0 Å². The van der Waals surface area contributed by atoms with Gasteiger partial charge in [-0.2, -0.15) is 0 Å². The molecule has 0 spiro atoms. The van der Waals surface area contributed by atoms with Gasteiger partial charge in [0.1, 0.15) is 23.0 Å². The van der Waals surface area contributed by atoms with E-state index in [1.54, 1.807) is 97.1 Å². The van der Waals surface area contributed by atoms with E-state index in [1.807, 2.05) is 24.3 Å². The molecule has 5 heteroatoms. The van der Waals surface area contributed by atoms with Crippen LogP contribution in [0.5, 0.6) is 23.0 Å². The summed E-state index contributed by atoms with van der Waals surface area (Å²) < 4.78 is 0. The molecule has 0 saturated carbocycles. The van der Waals surface area contributed by atoms with E-state index in [0.29, 0.717) is 23.0 Å². The second kappa shape index (κ2) is 17.1. The van der Waals surface area contributed by atoms with Crippen molar-refractivity contribution in [2.24, 2.45) is 0 Å². The van der Waals surface area contributed by atoms with Crippen LogP contribution in [0.4, 0.5) is 0 Å². The summed E-state index contributed by atoms with van der Waals surface area (Å²) >= 11 is 0. The summed E-state index contributed by atoms with van der Waals surface area (Å²) in [7, 11) is 0. The molecular formula is C24H24BiO4. The summed E-state index contributed by atoms with van der Waals surface area (Å²) in [4.78, 5) is 0. The number of hydrogen-bond acceptors (Lipinski definition) is 4. The molecule has 4 nitrogen and oxygen atoms in total. The van der Waals surface area contributed by atoms with E-state index >= 15 is 0 Å². The average molecular weight is 585 g/mol. The molecule has 0 aliphatic carbocycles. The maximum atomic E-state index is 8.63. The molecule has 0 amide bonds. The van der Waals surface area contributed by atoms with E-state index in [9.17, 15) is 0 Å². The smallest absolute Gasteiger partial charge is 0.115 e. The van der Waals surface area contributed by atoms with Crippen molar-refractivity contribution in [3.8, 4) is 23.0 Å². The van der Waals surface area contributed by atoms with Crippen molar-refractivity contribution < 1.29 is 20.4 Å². The molecule has 0 aliphatic rings. The largest absolute Gasteiger partial charge is 0.508 e. The third kappa shape index (κ3) is 15.7. The Bertz CT molecular complexity index is 693. The topological polar surface area (TPSA) is 80.9 Å². The maximum absolute atomic E-state index is 8.63. The SMILES string of the molecule is Oc1ccccc1.Oc1ccccc1.Oc1ccccc1.Oc1ccccc1.[Bi]. The molecule has 0 aliphatic heterocycles. The van der Waals surface area contributed by atoms with Crippen molar-refractivity contribution in [3.05, 3.63) is 121 Å². The Morgan fingerprint density at radius 1 is 0.276 bits per heavy atom. The summed E-state index contributed by atoms with van der Waals surface area (Å²) in [6.45, 7) is 0. The van der Waals surface area contributed by atoms with Crippen molar-refractivity contribution in [3.63, 3.8) is 0 Å². The van der Waals surface area contributed by atoms with Crippen LogP contribution < -0.4 is 0 Å². The van der Waals surface area contributed by atoms with Crippen LogP contribution in [-0.2, 0) is 0 Å². The summed E-state index contributed by atoms with van der Waals surface area (Å²) in [5, 5.41) is 34.5. The normalized spacial score (nSPS) is 8.28. The predicted molar refractivity (Wildman–Crippen MR) is 118 cm³/mol. The zero-order valence-corrected chi connectivity index (χ0v) is 19.3. The minimum atomic E-state index is 0. The van der Waals surface area contributed by atoms with Crippen LogP contribution in [0.1, 0.15) is 0 Å². The van der Waals surface area contributed by atoms with Gasteiger partial charge in [0.25, 0.3) is 0 Å². The van der Waals surface area contributed by atoms with E-state index in [1.165, 1.54) is 0 Å². The van der Waals surface area contributed by atoms with Crippen LogP contribution in [0, 0.1) is 0 Å². The van der Waals surface area contributed by atoms with Crippen molar-refractivity contribution in [2.75, 3.05) is 0 Å². The van der Waals surface area contributed by atoms with Crippen LogP contribution in [0.3, 0.4) is 0 Å². The molecule has 0 unspecified atom stereocenters. The Labute approximate surface area is 190 Å². The van der Waals surface area contributed by atoms with E-state index in [-0.39, 0.29) is 26.2 Å². The molecule has 0 atom stereocenters. The van der Waals surface area contributed by atoms with Gasteiger partial charge in [0.2, 0.25) is 0 Å². The molecule has 4 aromatic rings. The number of rotatable bonds is 0. The Balaban J connectivity index is 0.000000356. The van der Waals surface area contributed by atoms with Gasteiger partial charge in [-0.3, -0.25) is 0 Å². The summed E-state index contributed by atoms with van der Waals surface area (Å²) in [5.41, 5.74) is 0. The molecule has 0 fully saturated rings. The number of para-hydroxylation sites is 4. The zero-order chi connectivity index (χ0) is 20.5. The third-order valence-electron chi connectivity index (χ3n) is 3.02. The zero-order valence-electron chi connectivity index (χ0n) is 15.8. The van der Waals surface area contributed by atoms with Gasteiger partial charge in [0.05, 0.1) is 0 Å². The first-order valence-electron chi connectivity index (χ1n) is 8.54. The fourth-order valence-corrected chi connectivity index (χ4v) is 1.71. The van der Waals surface area contributed by atoms with Crippen LogP contribution in [-0.4, -0.2) is 46.6 Å². The molecule has 4 N–H and O–H groups in total. The van der Waals surface area contributed by atoms with Crippen LogP contribution >= 0.6 is 0 Å². The van der Waals surface area contributed by atoms with Crippen molar-refractivity contribution in [1.29, 1.82) is 0 Å².